The van der Waals surface area contributed by atoms with Crippen molar-refractivity contribution in [3.8, 4) is 0 Å². The van der Waals surface area contributed by atoms with Crippen LogP contribution < -0.4 is 5.32 Å². The van der Waals surface area contributed by atoms with Crippen molar-refractivity contribution in [2.75, 3.05) is 6.54 Å². The average molecular weight is 247 g/mol. The summed E-state index contributed by atoms with van der Waals surface area (Å²) in [5.41, 5.74) is -0.914. The summed E-state index contributed by atoms with van der Waals surface area (Å²) in [5, 5.41) is 3.00. The SMILES string of the molecule is CC(C)(C)OC(=O)C1CC2(CN1)CC(F)(F)C2. The molecule has 0 amide bonds. The second kappa shape index (κ2) is 3.64. The Kier molecular flexibility index (Phi) is 2.73. The van der Waals surface area contributed by atoms with Crippen molar-refractivity contribution in [1.29, 1.82) is 0 Å². The Morgan fingerprint density at radius 1 is 1.35 bits per heavy atom. The van der Waals surface area contributed by atoms with Gasteiger partial charge in [-0.2, -0.15) is 0 Å². The molecule has 0 aromatic rings. The molecule has 1 saturated carbocycles. The highest BCUT2D eigenvalue weighted by Crippen LogP contribution is 2.56. The molecule has 2 aliphatic rings. The molecule has 1 unspecified atom stereocenters. The van der Waals surface area contributed by atoms with Crippen LogP contribution in [-0.4, -0.2) is 30.1 Å². The minimum Gasteiger partial charge on any atom is -0.459 e. The van der Waals surface area contributed by atoms with Gasteiger partial charge in [0.1, 0.15) is 11.6 Å². The second-order valence-electron chi connectivity index (χ2n) is 6.38. The maximum Gasteiger partial charge on any atom is 0.323 e. The van der Waals surface area contributed by atoms with Crippen molar-refractivity contribution in [1.82, 2.24) is 5.32 Å². The molecular formula is C12H19F2NO2. The molecule has 0 aromatic carbocycles. The number of halogens is 2. The summed E-state index contributed by atoms with van der Waals surface area (Å²) in [7, 11) is 0. The molecule has 0 aromatic heterocycles. The van der Waals surface area contributed by atoms with E-state index in [1.54, 1.807) is 20.8 Å². The maximum atomic E-state index is 12.9. The monoisotopic (exact) mass is 247 g/mol. The third-order valence-electron chi connectivity index (χ3n) is 3.32. The van der Waals surface area contributed by atoms with Gasteiger partial charge in [-0.3, -0.25) is 4.79 Å². The highest BCUT2D eigenvalue weighted by atomic mass is 19.3. The van der Waals surface area contributed by atoms with Crippen LogP contribution in [0.1, 0.15) is 40.0 Å². The van der Waals surface area contributed by atoms with E-state index in [0.29, 0.717) is 13.0 Å². The summed E-state index contributed by atoms with van der Waals surface area (Å²) in [6.07, 6.45) is 0.260. The van der Waals surface area contributed by atoms with E-state index in [1.807, 2.05) is 0 Å². The van der Waals surface area contributed by atoms with Crippen molar-refractivity contribution in [3.63, 3.8) is 0 Å². The van der Waals surface area contributed by atoms with Gasteiger partial charge in [-0.25, -0.2) is 8.78 Å². The Morgan fingerprint density at radius 2 is 1.94 bits per heavy atom. The largest absolute Gasteiger partial charge is 0.459 e. The molecule has 2 rings (SSSR count). The van der Waals surface area contributed by atoms with E-state index in [4.69, 9.17) is 4.74 Å². The first kappa shape index (κ1) is 12.7. The van der Waals surface area contributed by atoms with Crippen molar-refractivity contribution >= 4 is 5.97 Å². The smallest absolute Gasteiger partial charge is 0.323 e. The van der Waals surface area contributed by atoms with Crippen molar-refractivity contribution in [2.45, 2.75) is 57.6 Å². The number of rotatable bonds is 1. The van der Waals surface area contributed by atoms with Gasteiger partial charge in [0.2, 0.25) is 5.92 Å². The van der Waals surface area contributed by atoms with E-state index >= 15 is 0 Å². The van der Waals surface area contributed by atoms with Crippen molar-refractivity contribution in [2.24, 2.45) is 5.41 Å². The Hall–Kier alpha value is -0.710. The zero-order valence-corrected chi connectivity index (χ0v) is 10.5. The number of carbonyl (C=O) groups excluding carboxylic acids is 1. The predicted octanol–water partition coefficient (Wildman–Crippen LogP) is 2.11. The van der Waals surface area contributed by atoms with E-state index in [9.17, 15) is 13.6 Å². The standard InChI is InChI=1S/C12H19F2NO2/c1-10(2,3)17-9(16)8-4-11(7-15-8)5-12(13,14)6-11/h8,15H,4-7H2,1-3H3. The average Bonchev–Trinajstić information content (AvgIpc) is 2.43. The highest BCUT2D eigenvalue weighted by molar-refractivity contribution is 5.76. The van der Waals surface area contributed by atoms with Gasteiger partial charge in [-0.15, -0.1) is 0 Å². The number of ether oxygens (including phenoxy) is 1. The lowest BCUT2D eigenvalue weighted by Gasteiger charge is -2.44. The summed E-state index contributed by atoms with van der Waals surface area (Å²) in [4.78, 5) is 11.8. The summed E-state index contributed by atoms with van der Waals surface area (Å²) in [6.45, 7) is 5.89. The molecule has 1 aliphatic heterocycles. The fourth-order valence-electron chi connectivity index (χ4n) is 2.77. The zero-order chi connectivity index (χ0) is 12.9. The number of alkyl halides is 2. The van der Waals surface area contributed by atoms with Gasteiger partial charge in [0, 0.05) is 19.4 Å². The van der Waals surface area contributed by atoms with Crippen LogP contribution in [0.25, 0.3) is 0 Å². The molecule has 98 valence electrons. The molecule has 1 N–H and O–H groups in total. The molecule has 1 aliphatic carbocycles. The van der Waals surface area contributed by atoms with Gasteiger partial charge in [-0.1, -0.05) is 0 Å². The summed E-state index contributed by atoms with van der Waals surface area (Å²) in [6, 6.07) is -0.426. The van der Waals surface area contributed by atoms with E-state index in [-0.39, 0.29) is 24.2 Å². The van der Waals surface area contributed by atoms with E-state index < -0.39 is 17.6 Å². The molecular weight excluding hydrogens is 228 g/mol. The normalized spacial score (nSPS) is 30.1. The Bertz CT molecular complexity index is 328. The van der Waals surface area contributed by atoms with Crippen LogP contribution in [0.15, 0.2) is 0 Å². The lowest BCUT2D eigenvalue weighted by atomic mass is 9.65. The molecule has 3 nitrogen and oxygen atoms in total. The Balaban J connectivity index is 1.89. The van der Waals surface area contributed by atoms with Crippen molar-refractivity contribution in [3.05, 3.63) is 0 Å². The molecule has 0 bridgehead atoms. The summed E-state index contributed by atoms with van der Waals surface area (Å²) >= 11 is 0. The first-order valence-electron chi connectivity index (χ1n) is 5.95. The zero-order valence-electron chi connectivity index (χ0n) is 10.5. The van der Waals surface area contributed by atoms with Gasteiger partial charge in [0.25, 0.3) is 0 Å². The molecule has 1 spiro atoms. The number of carbonyl (C=O) groups is 1. The van der Waals surface area contributed by atoms with Crippen molar-refractivity contribution < 1.29 is 18.3 Å². The first-order chi connectivity index (χ1) is 7.61. The third kappa shape index (κ3) is 2.76. The molecule has 5 heteroatoms. The quantitative estimate of drug-likeness (QED) is 0.721. The summed E-state index contributed by atoms with van der Waals surface area (Å²) < 4.78 is 31.0. The van der Waals surface area contributed by atoms with E-state index in [0.717, 1.165) is 0 Å². The predicted molar refractivity (Wildman–Crippen MR) is 58.9 cm³/mol. The highest BCUT2D eigenvalue weighted by Gasteiger charge is 2.59. The summed E-state index contributed by atoms with van der Waals surface area (Å²) in [5.74, 6) is -2.87. The molecule has 17 heavy (non-hydrogen) atoms. The van der Waals surface area contributed by atoms with Crippen LogP contribution >= 0.6 is 0 Å². The lowest BCUT2D eigenvalue weighted by Crippen LogP contribution is -2.47. The molecule has 1 atom stereocenters. The van der Waals surface area contributed by atoms with Gasteiger partial charge in [0.15, 0.2) is 0 Å². The lowest BCUT2D eigenvalue weighted by molar-refractivity contribution is -0.163. The Labute approximate surface area is 99.9 Å². The minimum atomic E-state index is -2.54. The maximum absolute atomic E-state index is 12.9. The molecule has 1 heterocycles. The first-order valence-corrected chi connectivity index (χ1v) is 5.95. The number of nitrogens with one attached hydrogen (secondary N) is 1. The number of esters is 1. The van der Waals surface area contributed by atoms with Crippen LogP contribution in [0, 0.1) is 5.41 Å². The van der Waals surface area contributed by atoms with E-state index in [1.165, 1.54) is 0 Å². The third-order valence-corrected chi connectivity index (χ3v) is 3.32. The fourth-order valence-corrected chi connectivity index (χ4v) is 2.77. The minimum absolute atomic E-state index is 0.105. The van der Waals surface area contributed by atoms with Gasteiger partial charge >= 0.3 is 5.97 Å². The van der Waals surface area contributed by atoms with Crippen LogP contribution in [0.4, 0.5) is 8.78 Å². The Morgan fingerprint density at radius 3 is 2.41 bits per heavy atom. The van der Waals surface area contributed by atoms with Crippen LogP contribution in [0.3, 0.4) is 0 Å². The van der Waals surface area contributed by atoms with Gasteiger partial charge in [-0.05, 0) is 32.6 Å². The molecule has 2 fully saturated rings. The van der Waals surface area contributed by atoms with Crippen LogP contribution in [0.5, 0.6) is 0 Å². The topological polar surface area (TPSA) is 38.3 Å². The number of hydrogen-bond donors (Lipinski definition) is 1. The molecule has 0 radical (unpaired) electrons. The van der Waals surface area contributed by atoms with Gasteiger partial charge in [0.05, 0.1) is 0 Å². The second-order valence-corrected chi connectivity index (χ2v) is 6.38. The van der Waals surface area contributed by atoms with Crippen LogP contribution in [0.2, 0.25) is 0 Å². The fraction of sp³-hybridized carbons (Fsp3) is 0.917. The number of hydrogen-bond acceptors (Lipinski definition) is 3. The molecule has 1 saturated heterocycles. The van der Waals surface area contributed by atoms with Gasteiger partial charge < -0.3 is 10.1 Å². The van der Waals surface area contributed by atoms with E-state index in [2.05, 4.69) is 5.32 Å². The van der Waals surface area contributed by atoms with Crippen LogP contribution in [-0.2, 0) is 9.53 Å².